The van der Waals surface area contributed by atoms with E-state index in [-0.39, 0.29) is 10.8 Å². The van der Waals surface area contributed by atoms with Crippen LogP contribution in [0.2, 0.25) is 0 Å². The van der Waals surface area contributed by atoms with E-state index in [4.69, 9.17) is 0 Å². The van der Waals surface area contributed by atoms with Gasteiger partial charge in [-0.25, -0.2) is 0 Å². The van der Waals surface area contributed by atoms with Crippen molar-refractivity contribution in [3.8, 4) is 0 Å². The van der Waals surface area contributed by atoms with E-state index >= 15 is 0 Å². The van der Waals surface area contributed by atoms with E-state index < -0.39 is 5.60 Å². The van der Waals surface area contributed by atoms with E-state index in [0.717, 1.165) is 12.8 Å². The molecule has 0 aliphatic heterocycles. The first-order valence-electron chi connectivity index (χ1n) is 6.16. The SMILES string of the molecule is CCC(C)C(C)(CC(C)(C)C)C(C)(C)O. The second kappa shape index (κ2) is 4.45. The number of rotatable bonds is 4. The molecule has 0 spiro atoms. The van der Waals surface area contributed by atoms with E-state index in [1.165, 1.54) is 0 Å². The van der Waals surface area contributed by atoms with E-state index in [2.05, 4.69) is 41.5 Å². The molecule has 15 heavy (non-hydrogen) atoms. The van der Waals surface area contributed by atoms with Crippen LogP contribution >= 0.6 is 0 Å². The minimum absolute atomic E-state index is 0.0139. The molecule has 0 aromatic carbocycles. The van der Waals surface area contributed by atoms with Crippen molar-refractivity contribution in [2.75, 3.05) is 0 Å². The summed E-state index contributed by atoms with van der Waals surface area (Å²) in [4.78, 5) is 0. The second-order valence-electron chi connectivity index (χ2n) is 7.02. The molecule has 0 amide bonds. The summed E-state index contributed by atoms with van der Waals surface area (Å²) in [5.41, 5.74) is -0.367. The second-order valence-corrected chi connectivity index (χ2v) is 7.02. The van der Waals surface area contributed by atoms with Gasteiger partial charge in [0.1, 0.15) is 0 Å². The van der Waals surface area contributed by atoms with Crippen LogP contribution in [0.4, 0.5) is 0 Å². The smallest absolute Gasteiger partial charge is 0.0647 e. The van der Waals surface area contributed by atoms with Crippen LogP contribution in [-0.2, 0) is 0 Å². The number of aliphatic hydroxyl groups is 1. The Morgan fingerprint density at radius 2 is 1.40 bits per heavy atom. The quantitative estimate of drug-likeness (QED) is 0.742. The van der Waals surface area contributed by atoms with E-state index in [9.17, 15) is 5.11 Å². The van der Waals surface area contributed by atoms with Gasteiger partial charge in [-0.05, 0) is 37.0 Å². The van der Waals surface area contributed by atoms with E-state index in [1.807, 2.05) is 13.8 Å². The van der Waals surface area contributed by atoms with Crippen molar-refractivity contribution in [3.05, 3.63) is 0 Å². The molecule has 0 aromatic heterocycles. The van der Waals surface area contributed by atoms with Crippen LogP contribution in [0.25, 0.3) is 0 Å². The largest absolute Gasteiger partial charge is 0.390 e. The molecule has 0 aliphatic carbocycles. The van der Waals surface area contributed by atoms with Crippen molar-refractivity contribution >= 4 is 0 Å². The molecular formula is C14H30O. The van der Waals surface area contributed by atoms with Crippen LogP contribution < -0.4 is 0 Å². The Hall–Kier alpha value is -0.0400. The fourth-order valence-electron chi connectivity index (χ4n) is 2.55. The topological polar surface area (TPSA) is 20.2 Å². The summed E-state index contributed by atoms with van der Waals surface area (Å²) < 4.78 is 0. The molecule has 2 atom stereocenters. The highest BCUT2D eigenvalue weighted by atomic mass is 16.3. The van der Waals surface area contributed by atoms with Crippen molar-refractivity contribution in [2.24, 2.45) is 16.7 Å². The lowest BCUT2D eigenvalue weighted by Gasteiger charge is -2.48. The molecule has 0 rings (SSSR count). The van der Waals surface area contributed by atoms with Gasteiger partial charge in [0.25, 0.3) is 0 Å². The van der Waals surface area contributed by atoms with Crippen LogP contribution in [0.15, 0.2) is 0 Å². The lowest BCUT2D eigenvalue weighted by atomic mass is 9.60. The fourth-order valence-corrected chi connectivity index (χ4v) is 2.55. The zero-order chi connectivity index (χ0) is 12.5. The average Bonchev–Trinajstić information content (AvgIpc) is 1.97. The maximum atomic E-state index is 10.4. The summed E-state index contributed by atoms with van der Waals surface area (Å²) >= 11 is 0. The van der Waals surface area contributed by atoms with Gasteiger partial charge < -0.3 is 5.11 Å². The maximum absolute atomic E-state index is 10.4. The van der Waals surface area contributed by atoms with Crippen molar-refractivity contribution in [1.82, 2.24) is 0 Å². The highest BCUT2D eigenvalue weighted by Gasteiger charge is 2.45. The summed E-state index contributed by atoms with van der Waals surface area (Å²) in [6.07, 6.45) is 2.18. The highest BCUT2D eigenvalue weighted by Crippen LogP contribution is 2.47. The minimum atomic E-state index is -0.615. The van der Waals surface area contributed by atoms with Crippen molar-refractivity contribution in [1.29, 1.82) is 0 Å². The van der Waals surface area contributed by atoms with Gasteiger partial charge in [-0.3, -0.25) is 0 Å². The number of hydrogen-bond donors (Lipinski definition) is 1. The summed E-state index contributed by atoms with van der Waals surface area (Å²) in [6.45, 7) is 17.3. The molecule has 0 saturated heterocycles. The summed E-state index contributed by atoms with van der Waals surface area (Å²) in [5, 5.41) is 10.4. The Morgan fingerprint density at radius 3 is 1.60 bits per heavy atom. The molecule has 0 radical (unpaired) electrons. The predicted octanol–water partition coefficient (Wildman–Crippen LogP) is 4.25. The molecule has 0 saturated carbocycles. The van der Waals surface area contributed by atoms with E-state index in [1.54, 1.807) is 0 Å². The summed E-state index contributed by atoms with van der Waals surface area (Å²) in [7, 11) is 0. The molecule has 0 heterocycles. The van der Waals surface area contributed by atoms with Crippen LogP contribution in [-0.4, -0.2) is 10.7 Å². The van der Waals surface area contributed by atoms with Gasteiger partial charge in [0, 0.05) is 0 Å². The number of hydrogen-bond acceptors (Lipinski definition) is 1. The Labute approximate surface area is 96.3 Å². The van der Waals surface area contributed by atoms with Crippen LogP contribution in [0.5, 0.6) is 0 Å². The molecule has 0 aliphatic rings. The van der Waals surface area contributed by atoms with Crippen molar-refractivity contribution in [3.63, 3.8) is 0 Å². The third-order valence-corrected chi connectivity index (χ3v) is 4.00. The monoisotopic (exact) mass is 214 g/mol. The van der Waals surface area contributed by atoms with Gasteiger partial charge in [0.2, 0.25) is 0 Å². The zero-order valence-corrected chi connectivity index (χ0v) is 11.9. The van der Waals surface area contributed by atoms with Crippen LogP contribution in [0, 0.1) is 16.7 Å². The summed E-state index contributed by atoms with van der Waals surface area (Å²) in [6, 6.07) is 0. The van der Waals surface area contributed by atoms with Crippen molar-refractivity contribution < 1.29 is 5.11 Å². The standard InChI is InChI=1S/C14H30O/c1-9-11(2)14(8,13(6,7)15)10-12(3,4)5/h11,15H,9-10H2,1-8H3. The van der Waals surface area contributed by atoms with Crippen molar-refractivity contribution in [2.45, 2.75) is 73.8 Å². The first kappa shape index (κ1) is 15.0. The van der Waals surface area contributed by atoms with Gasteiger partial charge in [-0.15, -0.1) is 0 Å². The summed E-state index contributed by atoms with van der Waals surface area (Å²) in [5.74, 6) is 0.539. The molecule has 92 valence electrons. The molecular weight excluding hydrogens is 184 g/mol. The first-order valence-corrected chi connectivity index (χ1v) is 6.16. The fraction of sp³-hybridized carbons (Fsp3) is 1.00. The van der Waals surface area contributed by atoms with Gasteiger partial charge in [-0.2, -0.15) is 0 Å². The molecule has 1 heteroatoms. The Bertz CT molecular complexity index is 194. The normalized spacial score (nSPS) is 19.8. The van der Waals surface area contributed by atoms with E-state index in [0.29, 0.717) is 5.92 Å². The maximum Gasteiger partial charge on any atom is 0.0647 e. The third kappa shape index (κ3) is 3.79. The lowest BCUT2D eigenvalue weighted by Crippen LogP contribution is -2.47. The molecule has 1 nitrogen and oxygen atoms in total. The molecule has 1 N–H and O–H groups in total. The predicted molar refractivity (Wildman–Crippen MR) is 67.9 cm³/mol. The van der Waals surface area contributed by atoms with Gasteiger partial charge in [-0.1, -0.05) is 48.0 Å². The average molecular weight is 214 g/mol. The molecule has 0 aromatic rings. The lowest BCUT2D eigenvalue weighted by molar-refractivity contribution is -0.0971. The third-order valence-electron chi connectivity index (χ3n) is 4.00. The molecule has 0 fully saturated rings. The Morgan fingerprint density at radius 1 is 1.00 bits per heavy atom. The minimum Gasteiger partial charge on any atom is -0.390 e. The van der Waals surface area contributed by atoms with Gasteiger partial charge >= 0.3 is 0 Å². The first-order chi connectivity index (χ1) is 6.44. The molecule has 2 unspecified atom stereocenters. The Balaban J connectivity index is 5.05. The van der Waals surface area contributed by atoms with Crippen LogP contribution in [0.1, 0.15) is 68.2 Å². The van der Waals surface area contributed by atoms with Gasteiger partial charge in [0.05, 0.1) is 5.60 Å². The molecule has 0 bridgehead atoms. The zero-order valence-electron chi connectivity index (χ0n) is 11.9. The Kier molecular flexibility index (Phi) is 4.44. The highest BCUT2D eigenvalue weighted by molar-refractivity contribution is 4.95. The van der Waals surface area contributed by atoms with Gasteiger partial charge in [0.15, 0.2) is 0 Å². The van der Waals surface area contributed by atoms with Crippen LogP contribution in [0.3, 0.4) is 0 Å².